The number of hydrogen-bond acceptors (Lipinski definition) is 5. The monoisotopic (exact) mass is 96.0 g/mol. The Hall–Kier alpha value is -1.26. The van der Waals surface area contributed by atoms with Crippen molar-refractivity contribution in [1.29, 1.82) is 0 Å². The first-order chi connectivity index (χ1) is 3.47. The van der Waals surface area contributed by atoms with Gasteiger partial charge in [0, 0.05) is 0 Å². The van der Waals surface area contributed by atoms with Crippen molar-refractivity contribution >= 4 is 0 Å². The lowest BCUT2D eigenvalue weighted by atomic mass is 10.7. The van der Waals surface area contributed by atoms with Crippen LogP contribution < -0.4 is 5.28 Å². The summed E-state index contributed by atoms with van der Waals surface area (Å²) >= 11 is 0. The topological polar surface area (TPSA) is 60.4 Å². The third-order valence-electron chi connectivity index (χ3n) is 0.690. The summed E-state index contributed by atoms with van der Waals surface area (Å²) in [6.45, 7) is 0. The molecule has 0 N–H and O–H groups in total. The lowest BCUT2D eigenvalue weighted by Crippen LogP contribution is -1.88. The molecular formula is C2N4O+. The molecule has 0 aromatic carbocycles. The van der Waals surface area contributed by atoms with E-state index >= 15 is 0 Å². The van der Waals surface area contributed by atoms with Gasteiger partial charge in [0.05, 0.1) is 0 Å². The van der Waals surface area contributed by atoms with Crippen LogP contribution in [0.25, 0.3) is 0 Å². The van der Waals surface area contributed by atoms with Crippen LogP contribution in [0.2, 0.25) is 0 Å². The SMILES string of the molecule is N1=NC2=C1N=[N+]O2. The highest BCUT2D eigenvalue weighted by Gasteiger charge is 2.31. The van der Waals surface area contributed by atoms with E-state index in [1.165, 1.54) is 0 Å². The molecule has 0 saturated carbocycles. The highest BCUT2D eigenvalue weighted by atomic mass is 16.7. The quantitative estimate of drug-likeness (QED) is 0.428. The van der Waals surface area contributed by atoms with Crippen LogP contribution in [0.15, 0.2) is 27.0 Å². The van der Waals surface area contributed by atoms with Crippen LogP contribution in [-0.2, 0) is 4.84 Å². The van der Waals surface area contributed by atoms with E-state index in [0.717, 1.165) is 0 Å². The van der Waals surface area contributed by atoms with E-state index in [4.69, 9.17) is 0 Å². The number of nitrogens with zero attached hydrogens (tertiary/aromatic N) is 4. The summed E-state index contributed by atoms with van der Waals surface area (Å²) in [6, 6.07) is 0. The van der Waals surface area contributed by atoms with Gasteiger partial charge in [0.2, 0.25) is 0 Å². The molecule has 0 spiro atoms. The summed E-state index contributed by atoms with van der Waals surface area (Å²) in [4.78, 5) is 4.43. The molecule has 0 atom stereocenters. The fourth-order valence-electron chi connectivity index (χ4n) is 0.355. The Kier molecular flexibility index (Phi) is 0.283. The zero-order valence-electron chi connectivity index (χ0n) is 3.20. The summed E-state index contributed by atoms with van der Waals surface area (Å²) < 4.78 is 0. The molecule has 0 saturated heterocycles. The van der Waals surface area contributed by atoms with Gasteiger partial charge in [-0.3, -0.25) is 0 Å². The van der Waals surface area contributed by atoms with Gasteiger partial charge in [-0.25, -0.2) is 0 Å². The minimum Gasteiger partial charge on any atom is -0.118 e. The van der Waals surface area contributed by atoms with Crippen molar-refractivity contribution in [3.63, 3.8) is 0 Å². The van der Waals surface area contributed by atoms with Crippen molar-refractivity contribution in [2.24, 2.45) is 15.3 Å². The second kappa shape index (κ2) is 0.699. The molecule has 5 heteroatoms. The minimum absolute atomic E-state index is 0.431. The number of rotatable bonds is 0. The van der Waals surface area contributed by atoms with Gasteiger partial charge in [0.25, 0.3) is 0 Å². The maximum absolute atomic E-state index is 4.43. The third-order valence-corrected chi connectivity index (χ3v) is 0.690. The molecule has 2 rings (SSSR count). The summed E-state index contributed by atoms with van der Waals surface area (Å²) in [5, 5.41) is 13.5. The molecule has 1 radical (unpaired) electrons. The van der Waals surface area contributed by atoms with Crippen molar-refractivity contribution in [3.8, 4) is 0 Å². The predicted molar refractivity (Wildman–Crippen MR) is 17.5 cm³/mol. The first-order valence-electron chi connectivity index (χ1n) is 1.71. The molecule has 0 fully saturated rings. The van der Waals surface area contributed by atoms with Crippen molar-refractivity contribution in [3.05, 3.63) is 11.7 Å². The van der Waals surface area contributed by atoms with Crippen LogP contribution in [-0.4, -0.2) is 0 Å². The molecule has 7 heavy (non-hydrogen) atoms. The second-order valence-electron chi connectivity index (χ2n) is 1.10. The molecule has 0 amide bonds. The summed E-state index contributed by atoms with van der Waals surface area (Å²) in [6.07, 6.45) is 0. The molecule has 0 aliphatic carbocycles. The normalized spacial score (nSPS) is 21.7. The Labute approximate surface area is 38.4 Å². The van der Waals surface area contributed by atoms with Crippen LogP contribution in [0.3, 0.4) is 0 Å². The second-order valence-corrected chi connectivity index (χ2v) is 1.10. The fraction of sp³-hybridized carbons (Fsp3) is 0. The maximum Gasteiger partial charge on any atom is 0.471 e. The Bertz CT molecular complexity index is 190. The first kappa shape index (κ1) is 2.84. The molecule has 0 aromatic heterocycles. The van der Waals surface area contributed by atoms with Crippen molar-refractivity contribution in [2.45, 2.75) is 0 Å². The maximum atomic E-state index is 4.43. The van der Waals surface area contributed by atoms with E-state index in [0.29, 0.717) is 11.7 Å². The van der Waals surface area contributed by atoms with Crippen molar-refractivity contribution in [1.82, 2.24) is 5.28 Å². The van der Waals surface area contributed by atoms with Gasteiger partial charge in [0.1, 0.15) is 0 Å². The molecule has 0 unspecified atom stereocenters. The number of azo groups is 1. The molecule has 0 aromatic rings. The average molecular weight is 96.0 g/mol. The Morgan fingerprint density at radius 3 is 2.71 bits per heavy atom. The largest absolute Gasteiger partial charge is 0.471 e. The predicted octanol–water partition coefficient (Wildman–Crippen LogP) is 0.312. The van der Waals surface area contributed by atoms with Gasteiger partial charge in [-0.2, -0.15) is 0 Å². The van der Waals surface area contributed by atoms with E-state index in [9.17, 15) is 0 Å². The van der Waals surface area contributed by atoms with Gasteiger partial charge in [-0.05, 0) is 0 Å². The number of hydrogen-bond donors (Lipinski definition) is 0. The Balaban J connectivity index is 2.44. The highest BCUT2D eigenvalue weighted by Crippen LogP contribution is 2.23. The summed E-state index contributed by atoms with van der Waals surface area (Å²) in [5.41, 5.74) is 0. The minimum atomic E-state index is 0.431. The third kappa shape index (κ3) is 0.188. The Morgan fingerprint density at radius 2 is 2.43 bits per heavy atom. The Morgan fingerprint density at radius 1 is 1.43 bits per heavy atom. The van der Waals surface area contributed by atoms with E-state index in [2.05, 4.69) is 25.5 Å². The zero-order valence-corrected chi connectivity index (χ0v) is 3.20. The lowest BCUT2D eigenvalue weighted by Gasteiger charge is -1.86. The smallest absolute Gasteiger partial charge is 0.118 e. The molecule has 2 aliphatic rings. The lowest BCUT2D eigenvalue weighted by molar-refractivity contribution is 0.160. The van der Waals surface area contributed by atoms with Gasteiger partial charge in [0.15, 0.2) is 5.11 Å². The molecule has 2 heterocycles. The molecule has 33 valence electrons. The van der Waals surface area contributed by atoms with Gasteiger partial charge >= 0.3 is 17.0 Å². The summed E-state index contributed by atoms with van der Waals surface area (Å²) in [5.74, 6) is 0.931. The molecule has 5 nitrogen and oxygen atoms in total. The van der Waals surface area contributed by atoms with Crippen molar-refractivity contribution in [2.75, 3.05) is 0 Å². The molecule has 0 bridgehead atoms. The standard InChI is InChI=1S/C2N4O/c3-1-2(5-3)7-6-4-1/q+1. The van der Waals surface area contributed by atoms with Crippen molar-refractivity contribution < 1.29 is 4.84 Å². The molecular weight excluding hydrogens is 96.0 g/mol. The van der Waals surface area contributed by atoms with Gasteiger partial charge < -0.3 is 0 Å². The van der Waals surface area contributed by atoms with E-state index < -0.39 is 0 Å². The van der Waals surface area contributed by atoms with Crippen LogP contribution in [0.4, 0.5) is 0 Å². The van der Waals surface area contributed by atoms with E-state index in [-0.39, 0.29) is 0 Å². The zero-order chi connectivity index (χ0) is 4.69. The van der Waals surface area contributed by atoms with E-state index in [1.54, 1.807) is 0 Å². The van der Waals surface area contributed by atoms with Gasteiger partial charge in [-0.1, -0.05) is 5.11 Å². The molecule has 2 aliphatic heterocycles. The highest BCUT2D eigenvalue weighted by molar-refractivity contribution is 5.10. The van der Waals surface area contributed by atoms with Crippen LogP contribution in [0, 0.1) is 0 Å². The first-order valence-corrected chi connectivity index (χ1v) is 1.71. The van der Waals surface area contributed by atoms with E-state index in [1.807, 2.05) is 0 Å². The van der Waals surface area contributed by atoms with Crippen LogP contribution in [0.1, 0.15) is 0 Å². The fourth-order valence-corrected chi connectivity index (χ4v) is 0.355. The summed E-state index contributed by atoms with van der Waals surface area (Å²) in [7, 11) is 0. The average Bonchev–Trinajstić information content (AvgIpc) is 1.85. The van der Waals surface area contributed by atoms with Crippen LogP contribution in [0.5, 0.6) is 0 Å². The van der Waals surface area contributed by atoms with Gasteiger partial charge in [-0.15, -0.1) is 9.95 Å². The van der Waals surface area contributed by atoms with Crippen LogP contribution >= 0.6 is 0 Å².